The van der Waals surface area contributed by atoms with E-state index in [-0.39, 0.29) is 0 Å². The predicted octanol–water partition coefficient (Wildman–Crippen LogP) is 3.23. The first-order valence-corrected chi connectivity index (χ1v) is 6.66. The standard InChI is InChI=1S/C15H24N2/c1-11(2)8-9-17(3)15-7-4-12-10-13(16)5-6-14(12)15/h5-6,10-11,15H,4,7-9,16H2,1-3H3. The molecule has 1 atom stereocenters. The molecule has 0 saturated heterocycles. The highest BCUT2D eigenvalue weighted by Crippen LogP contribution is 2.36. The van der Waals surface area contributed by atoms with Gasteiger partial charge in [-0.3, -0.25) is 4.90 Å². The highest BCUT2D eigenvalue weighted by molar-refractivity contribution is 5.47. The number of hydrogen-bond acceptors (Lipinski definition) is 2. The molecule has 1 aromatic carbocycles. The maximum atomic E-state index is 5.84. The first kappa shape index (κ1) is 12.4. The van der Waals surface area contributed by atoms with Crippen LogP contribution in [0.25, 0.3) is 0 Å². The maximum Gasteiger partial charge on any atom is 0.0350 e. The monoisotopic (exact) mass is 232 g/mol. The molecule has 0 amide bonds. The SMILES string of the molecule is CC(C)CCN(C)C1CCc2cc(N)ccc21. The van der Waals surface area contributed by atoms with Gasteiger partial charge in [0.2, 0.25) is 0 Å². The Morgan fingerprint density at radius 2 is 2.18 bits per heavy atom. The van der Waals surface area contributed by atoms with Crippen LogP contribution in [-0.4, -0.2) is 18.5 Å². The Labute approximate surface area is 105 Å². The molecule has 0 radical (unpaired) electrons. The molecule has 0 fully saturated rings. The summed E-state index contributed by atoms with van der Waals surface area (Å²) in [5.41, 5.74) is 9.68. The van der Waals surface area contributed by atoms with Crippen LogP contribution in [0, 0.1) is 5.92 Å². The molecular formula is C15H24N2. The number of nitrogens with two attached hydrogens (primary N) is 1. The summed E-state index contributed by atoms with van der Waals surface area (Å²) < 4.78 is 0. The zero-order chi connectivity index (χ0) is 12.4. The van der Waals surface area contributed by atoms with Crippen molar-refractivity contribution in [3.63, 3.8) is 0 Å². The quantitative estimate of drug-likeness (QED) is 0.808. The molecule has 2 heteroatoms. The Morgan fingerprint density at radius 1 is 1.41 bits per heavy atom. The highest BCUT2D eigenvalue weighted by atomic mass is 15.1. The molecule has 1 aliphatic rings. The molecule has 0 saturated carbocycles. The van der Waals surface area contributed by atoms with E-state index in [1.165, 1.54) is 36.9 Å². The summed E-state index contributed by atoms with van der Waals surface area (Å²) in [6.45, 7) is 5.76. The predicted molar refractivity (Wildman–Crippen MR) is 74.0 cm³/mol. The Hall–Kier alpha value is -1.02. The van der Waals surface area contributed by atoms with Crippen LogP contribution in [0.2, 0.25) is 0 Å². The molecule has 0 aliphatic heterocycles. The van der Waals surface area contributed by atoms with E-state index in [9.17, 15) is 0 Å². The van der Waals surface area contributed by atoms with Crippen LogP contribution < -0.4 is 5.73 Å². The van der Waals surface area contributed by atoms with Crippen LogP contribution in [-0.2, 0) is 6.42 Å². The first-order valence-electron chi connectivity index (χ1n) is 6.66. The summed E-state index contributed by atoms with van der Waals surface area (Å²) in [6.07, 6.45) is 3.70. The van der Waals surface area contributed by atoms with Crippen molar-refractivity contribution in [2.75, 3.05) is 19.3 Å². The molecule has 94 valence electrons. The smallest absolute Gasteiger partial charge is 0.0350 e. The summed E-state index contributed by atoms with van der Waals surface area (Å²) >= 11 is 0. The third-order valence-corrected chi connectivity index (χ3v) is 3.80. The van der Waals surface area contributed by atoms with E-state index in [1.54, 1.807) is 0 Å². The van der Waals surface area contributed by atoms with Crippen molar-refractivity contribution in [2.45, 2.75) is 39.2 Å². The van der Waals surface area contributed by atoms with Gasteiger partial charge >= 0.3 is 0 Å². The average Bonchev–Trinajstić information content (AvgIpc) is 2.68. The van der Waals surface area contributed by atoms with Crippen molar-refractivity contribution in [2.24, 2.45) is 5.92 Å². The molecule has 0 bridgehead atoms. The van der Waals surface area contributed by atoms with Crippen molar-refractivity contribution >= 4 is 5.69 Å². The van der Waals surface area contributed by atoms with Crippen molar-refractivity contribution in [1.29, 1.82) is 0 Å². The Bertz CT molecular complexity index is 385. The van der Waals surface area contributed by atoms with Crippen LogP contribution in [0.15, 0.2) is 18.2 Å². The molecule has 0 spiro atoms. The largest absolute Gasteiger partial charge is 0.399 e. The minimum absolute atomic E-state index is 0.601. The van der Waals surface area contributed by atoms with Crippen LogP contribution in [0.4, 0.5) is 5.69 Å². The Kier molecular flexibility index (Phi) is 3.72. The number of anilines is 1. The summed E-state index contributed by atoms with van der Waals surface area (Å²) in [4.78, 5) is 2.50. The average molecular weight is 232 g/mol. The number of rotatable bonds is 4. The molecule has 0 heterocycles. The number of nitrogens with zero attached hydrogens (tertiary/aromatic N) is 1. The fourth-order valence-corrected chi connectivity index (χ4v) is 2.69. The van der Waals surface area contributed by atoms with Crippen LogP contribution in [0.5, 0.6) is 0 Å². The van der Waals surface area contributed by atoms with E-state index in [0.717, 1.165) is 11.6 Å². The molecule has 2 nitrogen and oxygen atoms in total. The van der Waals surface area contributed by atoms with Gasteiger partial charge in [-0.2, -0.15) is 0 Å². The minimum Gasteiger partial charge on any atom is -0.399 e. The lowest BCUT2D eigenvalue weighted by molar-refractivity contribution is 0.231. The summed E-state index contributed by atoms with van der Waals surface area (Å²) in [6, 6.07) is 7.00. The van der Waals surface area contributed by atoms with Gasteiger partial charge < -0.3 is 5.73 Å². The number of benzene rings is 1. The topological polar surface area (TPSA) is 29.3 Å². The van der Waals surface area contributed by atoms with E-state index < -0.39 is 0 Å². The van der Waals surface area contributed by atoms with Crippen LogP contribution in [0.1, 0.15) is 43.9 Å². The van der Waals surface area contributed by atoms with E-state index in [1.807, 2.05) is 6.07 Å². The number of aryl methyl sites for hydroxylation is 1. The van der Waals surface area contributed by atoms with Gasteiger partial charge in [0.05, 0.1) is 0 Å². The summed E-state index contributed by atoms with van der Waals surface area (Å²) in [5, 5.41) is 0. The van der Waals surface area contributed by atoms with Gasteiger partial charge in [0.15, 0.2) is 0 Å². The lowest BCUT2D eigenvalue weighted by atomic mass is 10.1. The van der Waals surface area contributed by atoms with Crippen molar-refractivity contribution in [3.8, 4) is 0 Å². The molecule has 1 aromatic rings. The normalized spacial score (nSPS) is 19.0. The molecule has 1 aliphatic carbocycles. The van der Waals surface area contributed by atoms with Gasteiger partial charge in [0.25, 0.3) is 0 Å². The summed E-state index contributed by atoms with van der Waals surface area (Å²) in [5.74, 6) is 0.782. The van der Waals surface area contributed by atoms with Gasteiger partial charge in [-0.1, -0.05) is 19.9 Å². The second-order valence-corrected chi connectivity index (χ2v) is 5.68. The number of hydrogen-bond donors (Lipinski definition) is 1. The second-order valence-electron chi connectivity index (χ2n) is 5.68. The lowest BCUT2D eigenvalue weighted by Gasteiger charge is -2.26. The lowest BCUT2D eigenvalue weighted by Crippen LogP contribution is -2.25. The fraction of sp³-hybridized carbons (Fsp3) is 0.600. The fourth-order valence-electron chi connectivity index (χ4n) is 2.69. The first-order chi connectivity index (χ1) is 8.08. The van der Waals surface area contributed by atoms with Gasteiger partial charge in [-0.25, -0.2) is 0 Å². The number of fused-ring (bicyclic) bond motifs is 1. The Morgan fingerprint density at radius 3 is 2.88 bits per heavy atom. The molecular weight excluding hydrogens is 208 g/mol. The molecule has 2 N–H and O–H groups in total. The van der Waals surface area contributed by atoms with E-state index >= 15 is 0 Å². The second kappa shape index (κ2) is 5.09. The van der Waals surface area contributed by atoms with Crippen molar-refractivity contribution in [3.05, 3.63) is 29.3 Å². The maximum absolute atomic E-state index is 5.84. The van der Waals surface area contributed by atoms with Gasteiger partial charge in [-0.15, -0.1) is 0 Å². The third-order valence-electron chi connectivity index (χ3n) is 3.80. The van der Waals surface area contributed by atoms with Crippen molar-refractivity contribution < 1.29 is 0 Å². The summed E-state index contributed by atoms with van der Waals surface area (Å²) in [7, 11) is 2.25. The third kappa shape index (κ3) is 2.81. The van der Waals surface area contributed by atoms with Crippen LogP contribution in [0.3, 0.4) is 0 Å². The van der Waals surface area contributed by atoms with E-state index in [2.05, 4.69) is 37.9 Å². The minimum atomic E-state index is 0.601. The zero-order valence-corrected chi connectivity index (χ0v) is 11.2. The van der Waals surface area contributed by atoms with Gasteiger partial charge in [0.1, 0.15) is 0 Å². The van der Waals surface area contributed by atoms with E-state index in [0.29, 0.717) is 6.04 Å². The molecule has 2 rings (SSSR count). The number of nitrogen functional groups attached to an aromatic ring is 1. The highest BCUT2D eigenvalue weighted by Gasteiger charge is 2.25. The van der Waals surface area contributed by atoms with Gasteiger partial charge in [0, 0.05) is 11.7 Å². The van der Waals surface area contributed by atoms with Crippen LogP contribution >= 0.6 is 0 Å². The molecule has 1 unspecified atom stereocenters. The van der Waals surface area contributed by atoms with E-state index in [4.69, 9.17) is 5.73 Å². The van der Waals surface area contributed by atoms with Crippen molar-refractivity contribution in [1.82, 2.24) is 4.90 Å². The molecule has 17 heavy (non-hydrogen) atoms. The van der Waals surface area contributed by atoms with Gasteiger partial charge in [-0.05, 0) is 62.0 Å². The molecule has 0 aromatic heterocycles. The zero-order valence-electron chi connectivity index (χ0n) is 11.2. The Balaban J connectivity index is 2.06.